The Bertz CT molecular complexity index is 426. The summed E-state index contributed by atoms with van der Waals surface area (Å²) in [7, 11) is -2.14. The summed E-state index contributed by atoms with van der Waals surface area (Å²) in [6.45, 7) is 1.89. The number of nitrogens with zero attached hydrogens (tertiary/aromatic N) is 2. The fourth-order valence-electron chi connectivity index (χ4n) is 1.07. The third-order valence-corrected chi connectivity index (χ3v) is 3.90. The van der Waals surface area contributed by atoms with Crippen LogP contribution in [-0.2, 0) is 17.1 Å². The fraction of sp³-hybridized carbons (Fsp3) is 0.571. The minimum Gasteiger partial charge on any atom is -0.329 e. The summed E-state index contributed by atoms with van der Waals surface area (Å²) in [6.07, 6.45) is 1.28. The quantitative estimate of drug-likeness (QED) is 0.824. The van der Waals surface area contributed by atoms with E-state index in [2.05, 4.69) is 9.82 Å². The fourth-order valence-corrected chi connectivity index (χ4v) is 2.98. The second kappa shape index (κ2) is 5.83. The summed E-state index contributed by atoms with van der Waals surface area (Å²) in [4.78, 5) is 0. The molecule has 6 nitrogen and oxygen atoms in total. The number of halogens is 2. The lowest BCUT2D eigenvalue weighted by Gasteiger charge is -2.12. The Balaban J connectivity index is 0.00000225. The molecule has 0 bridgehead atoms. The molecule has 0 spiro atoms. The predicted octanol–water partition coefficient (Wildman–Crippen LogP) is 0.121. The molecule has 0 unspecified atom stereocenters. The van der Waals surface area contributed by atoms with E-state index in [1.807, 2.05) is 0 Å². The second-order valence-corrected chi connectivity index (χ2v) is 5.22. The first-order chi connectivity index (χ1) is 6.88. The van der Waals surface area contributed by atoms with Crippen LogP contribution < -0.4 is 10.5 Å². The van der Waals surface area contributed by atoms with Crippen LogP contribution in [-0.4, -0.2) is 30.8 Å². The smallest absolute Gasteiger partial charge is 0.259 e. The van der Waals surface area contributed by atoms with Crippen molar-refractivity contribution in [3.05, 3.63) is 11.2 Å². The van der Waals surface area contributed by atoms with Gasteiger partial charge in [0, 0.05) is 19.6 Å². The Morgan fingerprint density at radius 1 is 1.69 bits per heavy atom. The number of aromatic nitrogens is 2. The number of nitrogens with one attached hydrogen (secondary N) is 1. The highest BCUT2D eigenvalue weighted by Crippen LogP contribution is 2.19. The second-order valence-electron chi connectivity index (χ2n) is 3.18. The molecule has 16 heavy (non-hydrogen) atoms. The SMILES string of the molecule is C[C@@H](CN)NS(=O)(=O)c1c(Cl)cnn1C.Cl. The third kappa shape index (κ3) is 3.33. The molecule has 0 aliphatic rings. The molecule has 1 atom stereocenters. The van der Waals surface area contributed by atoms with E-state index in [0.29, 0.717) is 0 Å². The van der Waals surface area contributed by atoms with Crippen molar-refractivity contribution < 1.29 is 8.42 Å². The van der Waals surface area contributed by atoms with Crippen LogP contribution in [0.1, 0.15) is 6.92 Å². The molecule has 1 aromatic rings. The maximum Gasteiger partial charge on any atom is 0.259 e. The van der Waals surface area contributed by atoms with E-state index in [-0.39, 0.29) is 35.0 Å². The van der Waals surface area contributed by atoms with Crippen LogP contribution in [0.25, 0.3) is 0 Å². The first-order valence-electron chi connectivity index (χ1n) is 4.28. The Kier molecular flexibility index (Phi) is 5.71. The van der Waals surface area contributed by atoms with Crippen LogP contribution in [0.3, 0.4) is 0 Å². The van der Waals surface area contributed by atoms with Gasteiger partial charge in [0.15, 0.2) is 5.03 Å². The molecule has 3 N–H and O–H groups in total. The molecule has 1 heterocycles. The van der Waals surface area contributed by atoms with Gasteiger partial charge in [-0.2, -0.15) is 5.10 Å². The average Bonchev–Trinajstić information content (AvgIpc) is 2.45. The lowest BCUT2D eigenvalue weighted by molar-refractivity contribution is 0.547. The van der Waals surface area contributed by atoms with E-state index in [9.17, 15) is 8.42 Å². The van der Waals surface area contributed by atoms with Gasteiger partial charge >= 0.3 is 0 Å². The van der Waals surface area contributed by atoms with Gasteiger partial charge in [-0.3, -0.25) is 4.68 Å². The first kappa shape index (κ1) is 15.7. The summed E-state index contributed by atoms with van der Waals surface area (Å²) in [5, 5.41) is 3.79. The van der Waals surface area contributed by atoms with Gasteiger partial charge in [0.25, 0.3) is 10.0 Å². The topological polar surface area (TPSA) is 90.0 Å². The molecule has 1 rings (SSSR count). The zero-order valence-corrected chi connectivity index (χ0v) is 11.2. The molecular formula is C7H14Cl2N4O2S. The Morgan fingerprint density at radius 2 is 2.25 bits per heavy atom. The van der Waals surface area contributed by atoms with Gasteiger partial charge in [0.2, 0.25) is 0 Å². The van der Waals surface area contributed by atoms with E-state index < -0.39 is 10.0 Å². The number of nitrogens with two attached hydrogens (primary N) is 1. The molecule has 0 fully saturated rings. The molecule has 1 aromatic heterocycles. The van der Waals surface area contributed by atoms with Crippen molar-refractivity contribution in [1.82, 2.24) is 14.5 Å². The molecular weight excluding hydrogens is 275 g/mol. The number of hydrogen-bond acceptors (Lipinski definition) is 4. The summed E-state index contributed by atoms with van der Waals surface area (Å²) < 4.78 is 27.2. The van der Waals surface area contributed by atoms with Crippen LogP contribution in [0.5, 0.6) is 0 Å². The summed E-state index contributed by atoms with van der Waals surface area (Å²) >= 11 is 5.72. The highest BCUT2D eigenvalue weighted by Gasteiger charge is 2.23. The van der Waals surface area contributed by atoms with Crippen LogP contribution in [0, 0.1) is 0 Å². The minimum absolute atomic E-state index is 0. The number of hydrogen-bond donors (Lipinski definition) is 2. The zero-order valence-electron chi connectivity index (χ0n) is 8.84. The zero-order chi connectivity index (χ0) is 11.6. The monoisotopic (exact) mass is 288 g/mol. The lowest BCUT2D eigenvalue weighted by Crippen LogP contribution is -2.38. The van der Waals surface area contributed by atoms with Crippen molar-refractivity contribution in [3.63, 3.8) is 0 Å². The van der Waals surface area contributed by atoms with Crippen LogP contribution in [0.2, 0.25) is 5.02 Å². The Labute approximate surface area is 106 Å². The molecule has 0 saturated carbocycles. The van der Waals surface area contributed by atoms with Gasteiger partial charge in [-0.15, -0.1) is 12.4 Å². The summed E-state index contributed by atoms with van der Waals surface area (Å²) in [5.41, 5.74) is 5.33. The largest absolute Gasteiger partial charge is 0.329 e. The number of rotatable bonds is 4. The van der Waals surface area contributed by atoms with Gasteiger partial charge in [0.05, 0.1) is 11.2 Å². The summed E-state index contributed by atoms with van der Waals surface area (Å²) in [5.74, 6) is 0. The molecule has 0 amide bonds. The standard InChI is InChI=1S/C7H13ClN4O2S.ClH/c1-5(3-9)11-15(13,14)7-6(8)4-10-12(7)2;/h4-5,11H,3,9H2,1-2H3;1H/t5-;/m0./s1. The average molecular weight is 289 g/mol. The highest BCUT2D eigenvalue weighted by atomic mass is 35.5. The highest BCUT2D eigenvalue weighted by molar-refractivity contribution is 7.89. The molecule has 0 saturated heterocycles. The van der Waals surface area contributed by atoms with Gasteiger partial charge in [-0.25, -0.2) is 13.1 Å². The molecule has 0 radical (unpaired) electrons. The van der Waals surface area contributed by atoms with Crippen molar-refractivity contribution in [3.8, 4) is 0 Å². The van der Waals surface area contributed by atoms with Crippen LogP contribution in [0.4, 0.5) is 0 Å². The molecule has 0 aliphatic heterocycles. The number of sulfonamides is 1. The van der Waals surface area contributed by atoms with Gasteiger partial charge in [-0.05, 0) is 6.92 Å². The predicted molar refractivity (Wildman–Crippen MR) is 64.3 cm³/mol. The van der Waals surface area contributed by atoms with Crippen molar-refractivity contribution >= 4 is 34.0 Å². The van der Waals surface area contributed by atoms with Gasteiger partial charge in [-0.1, -0.05) is 11.6 Å². The molecule has 0 aromatic carbocycles. The first-order valence-corrected chi connectivity index (χ1v) is 6.14. The van der Waals surface area contributed by atoms with E-state index in [4.69, 9.17) is 17.3 Å². The van der Waals surface area contributed by atoms with Crippen LogP contribution >= 0.6 is 24.0 Å². The van der Waals surface area contributed by atoms with Gasteiger partial charge in [0.1, 0.15) is 0 Å². The van der Waals surface area contributed by atoms with E-state index in [0.717, 1.165) is 0 Å². The normalized spacial score (nSPS) is 13.2. The lowest BCUT2D eigenvalue weighted by atomic mass is 10.4. The molecule has 9 heteroatoms. The maximum atomic E-state index is 11.8. The van der Waals surface area contributed by atoms with Crippen molar-refractivity contribution in [2.45, 2.75) is 18.0 Å². The van der Waals surface area contributed by atoms with E-state index >= 15 is 0 Å². The Hall–Kier alpha value is -0.340. The van der Waals surface area contributed by atoms with Crippen molar-refractivity contribution in [2.24, 2.45) is 12.8 Å². The maximum absolute atomic E-state index is 11.8. The van der Waals surface area contributed by atoms with E-state index in [1.165, 1.54) is 17.9 Å². The van der Waals surface area contributed by atoms with Gasteiger partial charge < -0.3 is 5.73 Å². The Morgan fingerprint density at radius 3 is 2.62 bits per heavy atom. The minimum atomic E-state index is -3.65. The number of aryl methyl sites for hydroxylation is 1. The molecule has 94 valence electrons. The molecule has 0 aliphatic carbocycles. The van der Waals surface area contributed by atoms with Crippen molar-refractivity contribution in [2.75, 3.05) is 6.54 Å². The van der Waals surface area contributed by atoms with E-state index in [1.54, 1.807) is 6.92 Å². The third-order valence-electron chi connectivity index (χ3n) is 1.81. The van der Waals surface area contributed by atoms with Crippen molar-refractivity contribution in [1.29, 1.82) is 0 Å². The van der Waals surface area contributed by atoms with Crippen LogP contribution in [0.15, 0.2) is 11.2 Å². The summed E-state index contributed by atoms with van der Waals surface area (Å²) in [6, 6.07) is -0.346.